The van der Waals surface area contributed by atoms with Gasteiger partial charge >= 0.3 is 5.97 Å². The second-order valence-corrected chi connectivity index (χ2v) is 7.25. The van der Waals surface area contributed by atoms with Crippen LogP contribution in [-0.4, -0.2) is 21.1 Å². The van der Waals surface area contributed by atoms with Crippen LogP contribution < -0.4 is 0 Å². The standard InChI is InChI=1S/C19H14ClN3O3S/c20-13-6-2-1-5-12(13)19-22-16(26-23-19)11-25-18(24)10-9-17-21-14-7-3-4-8-15(14)27-17/h1-8H,9-11H2. The van der Waals surface area contributed by atoms with Gasteiger partial charge in [-0.1, -0.05) is 41.0 Å². The number of aryl methyl sites for hydroxylation is 1. The molecule has 0 aliphatic rings. The van der Waals surface area contributed by atoms with Gasteiger partial charge in [-0.05, 0) is 24.3 Å². The maximum absolute atomic E-state index is 12.0. The maximum Gasteiger partial charge on any atom is 0.306 e. The summed E-state index contributed by atoms with van der Waals surface area (Å²) in [6.07, 6.45) is 0.776. The highest BCUT2D eigenvalue weighted by Crippen LogP contribution is 2.25. The molecule has 6 nitrogen and oxygen atoms in total. The first-order valence-electron chi connectivity index (χ1n) is 8.26. The number of thiazole rings is 1. The molecule has 0 N–H and O–H groups in total. The summed E-state index contributed by atoms with van der Waals surface area (Å²) in [5.41, 5.74) is 1.61. The lowest BCUT2D eigenvalue weighted by atomic mass is 10.2. The van der Waals surface area contributed by atoms with E-state index in [0.29, 0.717) is 22.8 Å². The van der Waals surface area contributed by atoms with Crippen molar-refractivity contribution in [2.45, 2.75) is 19.4 Å². The number of para-hydroxylation sites is 1. The van der Waals surface area contributed by atoms with Crippen LogP contribution in [0.2, 0.25) is 5.02 Å². The Kier molecular flexibility index (Phi) is 5.13. The quantitative estimate of drug-likeness (QED) is 0.438. The molecule has 27 heavy (non-hydrogen) atoms. The predicted octanol–water partition coefficient (Wildman–Crippen LogP) is 4.68. The van der Waals surface area contributed by atoms with Crippen LogP contribution in [-0.2, 0) is 22.6 Å². The number of nitrogens with zero attached hydrogens (tertiary/aromatic N) is 3. The summed E-state index contributed by atoms with van der Waals surface area (Å²) in [5.74, 6) is 0.242. The first-order valence-corrected chi connectivity index (χ1v) is 9.46. The number of fused-ring (bicyclic) bond motifs is 1. The molecule has 0 saturated carbocycles. The molecule has 0 bridgehead atoms. The number of hydrogen-bond donors (Lipinski definition) is 0. The summed E-state index contributed by atoms with van der Waals surface area (Å²) < 4.78 is 11.4. The van der Waals surface area contributed by atoms with Gasteiger partial charge in [-0.3, -0.25) is 4.79 Å². The van der Waals surface area contributed by atoms with Gasteiger partial charge < -0.3 is 9.26 Å². The van der Waals surface area contributed by atoms with Crippen molar-refractivity contribution in [3.8, 4) is 11.4 Å². The lowest BCUT2D eigenvalue weighted by molar-refractivity contribution is -0.145. The van der Waals surface area contributed by atoms with E-state index in [1.807, 2.05) is 36.4 Å². The van der Waals surface area contributed by atoms with Crippen LogP contribution >= 0.6 is 22.9 Å². The van der Waals surface area contributed by atoms with E-state index in [9.17, 15) is 4.79 Å². The van der Waals surface area contributed by atoms with Gasteiger partial charge in [-0.2, -0.15) is 4.98 Å². The SMILES string of the molecule is O=C(CCc1nc2ccccc2s1)OCc1nc(-c2ccccc2Cl)no1. The summed E-state index contributed by atoms with van der Waals surface area (Å²) in [7, 11) is 0. The molecule has 2 heterocycles. The van der Waals surface area contributed by atoms with E-state index < -0.39 is 0 Å². The molecule has 0 aliphatic carbocycles. The Morgan fingerprint density at radius 3 is 2.78 bits per heavy atom. The van der Waals surface area contributed by atoms with Gasteiger partial charge in [-0.15, -0.1) is 11.3 Å². The van der Waals surface area contributed by atoms with Crippen LogP contribution in [0.4, 0.5) is 0 Å². The molecule has 0 unspecified atom stereocenters. The average Bonchev–Trinajstić information content (AvgIpc) is 3.31. The molecule has 4 rings (SSSR count). The van der Waals surface area contributed by atoms with Crippen LogP contribution in [0.3, 0.4) is 0 Å². The van der Waals surface area contributed by atoms with Crippen molar-refractivity contribution in [1.82, 2.24) is 15.1 Å². The average molecular weight is 400 g/mol. The minimum atomic E-state index is -0.341. The Morgan fingerprint density at radius 1 is 1.11 bits per heavy atom. The number of benzene rings is 2. The number of carbonyl (C=O) groups excluding carboxylic acids is 1. The number of hydrogen-bond acceptors (Lipinski definition) is 7. The number of halogens is 1. The lowest BCUT2D eigenvalue weighted by Gasteiger charge is -2.00. The number of carbonyl (C=O) groups is 1. The van der Waals surface area contributed by atoms with E-state index in [4.69, 9.17) is 20.9 Å². The first-order chi connectivity index (χ1) is 13.2. The van der Waals surface area contributed by atoms with Gasteiger partial charge in [-0.25, -0.2) is 4.98 Å². The Labute approximate surface area is 163 Å². The monoisotopic (exact) mass is 399 g/mol. The van der Waals surface area contributed by atoms with Crippen molar-refractivity contribution in [1.29, 1.82) is 0 Å². The zero-order chi connectivity index (χ0) is 18.6. The third kappa shape index (κ3) is 4.15. The summed E-state index contributed by atoms with van der Waals surface area (Å²) in [6.45, 7) is -0.0733. The third-order valence-corrected chi connectivity index (χ3v) is 5.25. The van der Waals surface area contributed by atoms with Gasteiger partial charge in [0.15, 0.2) is 6.61 Å². The second kappa shape index (κ2) is 7.85. The molecule has 2 aromatic heterocycles. The van der Waals surface area contributed by atoms with E-state index in [1.165, 1.54) is 0 Å². The fraction of sp³-hybridized carbons (Fsp3) is 0.158. The third-order valence-electron chi connectivity index (χ3n) is 3.82. The molecule has 0 spiro atoms. The lowest BCUT2D eigenvalue weighted by Crippen LogP contribution is -2.06. The highest BCUT2D eigenvalue weighted by atomic mass is 35.5. The van der Waals surface area contributed by atoms with Crippen LogP contribution in [0.15, 0.2) is 53.1 Å². The van der Waals surface area contributed by atoms with Gasteiger partial charge in [0.2, 0.25) is 5.82 Å². The summed E-state index contributed by atoms with van der Waals surface area (Å²) >= 11 is 7.70. The summed E-state index contributed by atoms with van der Waals surface area (Å²) in [5, 5.41) is 5.31. The molecule has 0 atom stereocenters. The summed E-state index contributed by atoms with van der Waals surface area (Å²) in [4.78, 5) is 20.7. The Hall–Kier alpha value is -2.77. The van der Waals surface area contributed by atoms with Crippen LogP contribution in [0, 0.1) is 0 Å². The molecule has 0 aliphatic heterocycles. The fourth-order valence-corrected chi connectivity index (χ4v) is 3.70. The van der Waals surface area contributed by atoms with Crippen molar-refractivity contribution in [2.24, 2.45) is 0 Å². The Balaban J connectivity index is 1.31. The molecule has 8 heteroatoms. The molecule has 0 saturated heterocycles. The molecular weight excluding hydrogens is 386 g/mol. The number of rotatable bonds is 6. The van der Waals surface area contributed by atoms with E-state index in [2.05, 4.69) is 15.1 Å². The Bertz CT molecular complexity index is 1060. The number of ether oxygens (including phenoxy) is 1. The second-order valence-electron chi connectivity index (χ2n) is 5.73. The molecular formula is C19H14ClN3O3S. The van der Waals surface area contributed by atoms with Gasteiger partial charge in [0.1, 0.15) is 0 Å². The van der Waals surface area contributed by atoms with Crippen molar-refractivity contribution >= 4 is 39.1 Å². The first kappa shape index (κ1) is 17.6. The van der Waals surface area contributed by atoms with Gasteiger partial charge in [0, 0.05) is 12.0 Å². The maximum atomic E-state index is 12.0. The van der Waals surface area contributed by atoms with Crippen LogP contribution in [0.25, 0.3) is 21.6 Å². The van der Waals surface area contributed by atoms with Crippen molar-refractivity contribution in [3.05, 3.63) is 64.5 Å². The molecule has 0 amide bonds. The normalized spacial score (nSPS) is 11.0. The van der Waals surface area contributed by atoms with Crippen LogP contribution in [0.1, 0.15) is 17.3 Å². The fourth-order valence-electron chi connectivity index (χ4n) is 2.52. The highest BCUT2D eigenvalue weighted by molar-refractivity contribution is 7.18. The van der Waals surface area contributed by atoms with Gasteiger partial charge in [0.05, 0.1) is 26.7 Å². The molecule has 0 fully saturated rings. The van der Waals surface area contributed by atoms with Crippen molar-refractivity contribution < 1.29 is 14.1 Å². The zero-order valence-electron chi connectivity index (χ0n) is 14.1. The molecule has 2 aromatic carbocycles. The minimum absolute atomic E-state index is 0.0733. The topological polar surface area (TPSA) is 78.1 Å². The van der Waals surface area contributed by atoms with Crippen LogP contribution in [0.5, 0.6) is 0 Å². The molecule has 4 aromatic rings. The van der Waals surface area contributed by atoms with Gasteiger partial charge in [0.25, 0.3) is 5.89 Å². The van der Waals surface area contributed by atoms with E-state index in [0.717, 1.165) is 15.2 Å². The molecule has 136 valence electrons. The Morgan fingerprint density at radius 2 is 1.93 bits per heavy atom. The van der Waals surface area contributed by atoms with E-state index in [-0.39, 0.29) is 24.9 Å². The minimum Gasteiger partial charge on any atom is -0.456 e. The predicted molar refractivity (Wildman–Crippen MR) is 102 cm³/mol. The number of aromatic nitrogens is 3. The summed E-state index contributed by atoms with van der Waals surface area (Å²) in [6, 6.07) is 15.1. The van der Waals surface area contributed by atoms with E-state index in [1.54, 1.807) is 23.5 Å². The highest BCUT2D eigenvalue weighted by Gasteiger charge is 2.14. The molecule has 0 radical (unpaired) electrons. The van der Waals surface area contributed by atoms with Crippen molar-refractivity contribution in [3.63, 3.8) is 0 Å². The largest absolute Gasteiger partial charge is 0.456 e. The number of esters is 1. The zero-order valence-corrected chi connectivity index (χ0v) is 15.7. The van der Waals surface area contributed by atoms with Crippen molar-refractivity contribution in [2.75, 3.05) is 0 Å². The van der Waals surface area contributed by atoms with E-state index >= 15 is 0 Å². The smallest absolute Gasteiger partial charge is 0.306 e.